The fraction of sp³-hybridized carbons (Fsp3) is 0.270. The molecule has 1 aromatic heterocycles. The lowest BCUT2D eigenvalue weighted by Gasteiger charge is -2.48. The maximum absolute atomic E-state index is 13.8. The number of allylic oxidation sites excluding steroid dienone is 1. The van der Waals surface area contributed by atoms with Crippen LogP contribution in [0, 0.1) is 5.41 Å². The molecule has 7 nitrogen and oxygen atoms in total. The molecule has 0 amide bonds. The largest absolute Gasteiger partial charge is 0.481 e. The van der Waals surface area contributed by atoms with Crippen LogP contribution in [0.2, 0.25) is 5.02 Å². The van der Waals surface area contributed by atoms with Gasteiger partial charge in [0.15, 0.2) is 0 Å². The molecule has 1 aliphatic rings. The minimum absolute atomic E-state index is 0.0160. The smallest absolute Gasteiger partial charge is 0.333 e. The van der Waals surface area contributed by atoms with Gasteiger partial charge in [-0.2, -0.15) is 0 Å². The van der Waals surface area contributed by atoms with Gasteiger partial charge in [-0.3, -0.25) is 9.78 Å². The Morgan fingerprint density at radius 1 is 0.956 bits per heavy atom. The van der Waals surface area contributed by atoms with Crippen LogP contribution in [0.15, 0.2) is 121 Å². The molecule has 4 aromatic rings. The Balaban J connectivity index is 1.58. The summed E-state index contributed by atoms with van der Waals surface area (Å²) >= 11 is 6.43. The average molecular weight is 625 g/mol. The molecule has 232 valence electrons. The summed E-state index contributed by atoms with van der Waals surface area (Å²) in [6.07, 6.45) is 4.72. The predicted molar refractivity (Wildman–Crippen MR) is 174 cm³/mol. The van der Waals surface area contributed by atoms with E-state index < -0.39 is 29.3 Å². The van der Waals surface area contributed by atoms with Gasteiger partial charge >= 0.3 is 11.9 Å². The summed E-state index contributed by atoms with van der Waals surface area (Å²) in [6.45, 7) is 2.11. The lowest BCUT2D eigenvalue weighted by molar-refractivity contribution is -0.155. The summed E-state index contributed by atoms with van der Waals surface area (Å²) in [5, 5.41) is 25.5. The van der Waals surface area contributed by atoms with Crippen LogP contribution in [0.4, 0.5) is 0 Å². The molecule has 0 saturated heterocycles. The van der Waals surface area contributed by atoms with Gasteiger partial charge in [0, 0.05) is 34.9 Å². The van der Waals surface area contributed by atoms with Crippen LogP contribution >= 0.6 is 11.6 Å². The number of pyridine rings is 1. The number of hydrogen-bond acceptors (Lipinski definition) is 5. The number of halogens is 1. The fourth-order valence-corrected chi connectivity index (χ4v) is 6.88. The third-order valence-electron chi connectivity index (χ3n) is 8.82. The van der Waals surface area contributed by atoms with Crippen molar-refractivity contribution in [2.24, 2.45) is 5.41 Å². The Hall–Kier alpha value is -4.46. The second-order valence-corrected chi connectivity index (χ2v) is 11.9. The number of carbonyl (C=O) groups is 2. The molecule has 0 saturated carbocycles. The number of carboxylic acids is 2. The normalized spacial score (nSPS) is 19.7. The molecular formula is C37H37ClN2O5. The van der Waals surface area contributed by atoms with E-state index in [0.717, 1.165) is 16.7 Å². The predicted octanol–water partition coefficient (Wildman–Crippen LogP) is 7.09. The molecule has 2 heterocycles. The molecule has 8 heteroatoms. The number of benzene rings is 3. The molecule has 0 aliphatic carbocycles. The van der Waals surface area contributed by atoms with Gasteiger partial charge < -0.3 is 20.3 Å². The van der Waals surface area contributed by atoms with Gasteiger partial charge in [0.25, 0.3) is 0 Å². The first-order valence-corrected chi connectivity index (χ1v) is 15.4. The van der Waals surface area contributed by atoms with Crippen molar-refractivity contribution in [1.82, 2.24) is 10.3 Å². The Bertz CT molecular complexity index is 1590. The first kappa shape index (κ1) is 31.9. The summed E-state index contributed by atoms with van der Waals surface area (Å²) in [5.74, 6) is -3.37. The molecule has 5 rings (SSSR count). The molecule has 0 bridgehead atoms. The molecule has 0 spiro atoms. The van der Waals surface area contributed by atoms with Crippen LogP contribution < -0.4 is 5.32 Å². The minimum atomic E-state index is -1.59. The van der Waals surface area contributed by atoms with Crippen LogP contribution in [0.25, 0.3) is 0 Å². The van der Waals surface area contributed by atoms with E-state index in [-0.39, 0.29) is 24.5 Å². The van der Waals surface area contributed by atoms with E-state index in [4.69, 9.17) is 16.3 Å². The highest BCUT2D eigenvalue weighted by Crippen LogP contribution is 2.52. The minimum Gasteiger partial charge on any atom is -0.481 e. The summed E-state index contributed by atoms with van der Waals surface area (Å²) in [6, 6.07) is 30.0. The highest BCUT2D eigenvalue weighted by atomic mass is 35.5. The molecule has 0 radical (unpaired) electrons. The van der Waals surface area contributed by atoms with Crippen molar-refractivity contribution < 1.29 is 24.5 Å². The van der Waals surface area contributed by atoms with E-state index in [0.29, 0.717) is 35.7 Å². The number of carboxylic acid groups (broad SMARTS) is 2. The number of aliphatic carboxylic acids is 2. The molecule has 3 aromatic carbocycles. The summed E-state index contributed by atoms with van der Waals surface area (Å²) in [5.41, 5.74) is 2.50. The summed E-state index contributed by atoms with van der Waals surface area (Å²) in [4.78, 5) is 30.9. The van der Waals surface area contributed by atoms with Gasteiger partial charge in [0.2, 0.25) is 0 Å². The monoisotopic (exact) mass is 624 g/mol. The first-order chi connectivity index (χ1) is 21.8. The SMILES string of the molecule is CC1=C(C(=O)O)C(c2cccc(Cl)c2)C(CCC(c2ccccc2)c2ccccc2)(C(=O)O)C(COCCc2cccnc2)N1. The number of hydrogen-bond donors (Lipinski definition) is 3. The van der Waals surface area contributed by atoms with E-state index >= 15 is 0 Å². The number of nitrogens with one attached hydrogen (secondary N) is 1. The van der Waals surface area contributed by atoms with E-state index in [1.807, 2.05) is 72.8 Å². The summed E-state index contributed by atoms with van der Waals surface area (Å²) < 4.78 is 6.16. The molecular weight excluding hydrogens is 588 g/mol. The lowest BCUT2D eigenvalue weighted by atomic mass is 9.59. The summed E-state index contributed by atoms with van der Waals surface area (Å²) in [7, 11) is 0. The number of nitrogens with zero attached hydrogens (tertiary/aromatic N) is 1. The Morgan fingerprint density at radius 2 is 1.64 bits per heavy atom. The van der Waals surface area contributed by atoms with Crippen molar-refractivity contribution in [1.29, 1.82) is 0 Å². The zero-order valence-electron chi connectivity index (χ0n) is 25.1. The Kier molecular flexibility index (Phi) is 10.3. The fourth-order valence-electron chi connectivity index (χ4n) is 6.68. The van der Waals surface area contributed by atoms with Gasteiger partial charge in [-0.05, 0) is 66.6 Å². The Morgan fingerprint density at radius 3 is 2.22 bits per heavy atom. The van der Waals surface area contributed by atoms with Gasteiger partial charge in [-0.25, -0.2) is 4.79 Å². The lowest BCUT2D eigenvalue weighted by Crippen LogP contribution is -2.59. The van der Waals surface area contributed by atoms with E-state index in [1.165, 1.54) is 0 Å². The van der Waals surface area contributed by atoms with Crippen LogP contribution in [0.3, 0.4) is 0 Å². The standard InChI is InChI=1S/C37H37ClN2O5/c1-25-33(35(41)42)34(29-15-8-16-30(38)22-29)37(36(43)44,32(40-25)24-45-21-18-26-10-9-20-39-23-26)19-17-31(27-11-4-2-5-12-27)28-13-6-3-7-14-28/h2-16,20,22-23,31-32,34,40H,17-19,21,24H2,1H3,(H,41,42)(H,43,44). The van der Waals surface area contributed by atoms with Crippen LogP contribution in [0.1, 0.15) is 53.9 Å². The zero-order chi connectivity index (χ0) is 31.8. The van der Waals surface area contributed by atoms with Crippen molar-refractivity contribution in [3.63, 3.8) is 0 Å². The number of aromatic nitrogens is 1. The third-order valence-corrected chi connectivity index (χ3v) is 9.06. The third kappa shape index (κ3) is 7.11. The van der Waals surface area contributed by atoms with Gasteiger partial charge in [-0.15, -0.1) is 0 Å². The zero-order valence-corrected chi connectivity index (χ0v) is 25.9. The second-order valence-electron chi connectivity index (χ2n) is 11.5. The molecule has 3 unspecified atom stereocenters. The van der Waals surface area contributed by atoms with Crippen LogP contribution in [-0.2, 0) is 20.7 Å². The van der Waals surface area contributed by atoms with Crippen molar-refractivity contribution in [3.8, 4) is 0 Å². The van der Waals surface area contributed by atoms with E-state index in [2.05, 4.69) is 10.3 Å². The highest BCUT2D eigenvalue weighted by Gasteiger charge is 2.57. The van der Waals surface area contributed by atoms with Crippen molar-refractivity contribution >= 4 is 23.5 Å². The van der Waals surface area contributed by atoms with Gasteiger partial charge in [0.1, 0.15) is 5.41 Å². The average Bonchev–Trinajstić information content (AvgIpc) is 3.05. The Labute approximate surface area is 268 Å². The molecule has 45 heavy (non-hydrogen) atoms. The molecule has 3 N–H and O–H groups in total. The first-order valence-electron chi connectivity index (χ1n) is 15.1. The second kappa shape index (κ2) is 14.5. The number of rotatable bonds is 13. The number of ether oxygens (including phenoxy) is 1. The maximum atomic E-state index is 13.8. The van der Waals surface area contributed by atoms with Gasteiger partial charge in [-0.1, -0.05) is 90.5 Å². The van der Waals surface area contributed by atoms with Gasteiger partial charge in [0.05, 0.1) is 24.8 Å². The van der Waals surface area contributed by atoms with Crippen LogP contribution in [-0.4, -0.2) is 46.4 Å². The topological polar surface area (TPSA) is 109 Å². The highest BCUT2D eigenvalue weighted by molar-refractivity contribution is 6.30. The maximum Gasteiger partial charge on any atom is 0.333 e. The molecule has 3 atom stereocenters. The molecule has 1 aliphatic heterocycles. The quantitative estimate of drug-likeness (QED) is 0.136. The van der Waals surface area contributed by atoms with Crippen LogP contribution in [0.5, 0.6) is 0 Å². The van der Waals surface area contributed by atoms with Crippen molar-refractivity contribution in [3.05, 3.63) is 148 Å². The van der Waals surface area contributed by atoms with Crippen molar-refractivity contribution in [2.45, 2.75) is 44.1 Å². The van der Waals surface area contributed by atoms with E-state index in [1.54, 1.807) is 43.6 Å². The molecule has 0 fully saturated rings. The van der Waals surface area contributed by atoms with E-state index in [9.17, 15) is 19.8 Å². The van der Waals surface area contributed by atoms with Crippen molar-refractivity contribution in [2.75, 3.05) is 13.2 Å².